The first-order chi connectivity index (χ1) is 12.2. The first kappa shape index (κ1) is 17.5. The van der Waals surface area contributed by atoms with Crippen molar-refractivity contribution in [2.45, 2.75) is 26.3 Å². The molecule has 0 radical (unpaired) electrons. The molecule has 0 bridgehead atoms. The van der Waals surface area contributed by atoms with Gasteiger partial charge in [0.1, 0.15) is 12.4 Å². The van der Waals surface area contributed by atoms with Crippen molar-refractivity contribution in [3.63, 3.8) is 0 Å². The quantitative estimate of drug-likeness (QED) is 0.787. The van der Waals surface area contributed by atoms with Crippen LogP contribution in [-0.2, 0) is 6.54 Å². The van der Waals surface area contributed by atoms with Crippen LogP contribution in [-0.4, -0.2) is 37.0 Å². The van der Waals surface area contributed by atoms with Gasteiger partial charge in [0.15, 0.2) is 0 Å². The number of aryl methyl sites for hydroxylation is 1. The Labute approximate surface area is 149 Å². The summed E-state index contributed by atoms with van der Waals surface area (Å²) in [5, 5.41) is 2.91. The topological polar surface area (TPSA) is 41.6 Å². The van der Waals surface area contributed by atoms with Crippen LogP contribution >= 0.6 is 0 Å². The average molecular weight is 338 g/mol. The van der Waals surface area contributed by atoms with E-state index in [9.17, 15) is 4.79 Å². The molecule has 1 amide bonds. The van der Waals surface area contributed by atoms with Crippen LogP contribution in [0, 0.1) is 6.92 Å². The fraction of sp³-hybridized carbons (Fsp3) is 0.381. The van der Waals surface area contributed by atoms with E-state index in [-0.39, 0.29) is 5.91 Å². The molecule has 2 aromatic rings. The zero-order valence-corrected chi connectivity index (χ0v) is 14.8. The monoisotopic (exact) mass is 338 g/mol. The Bertz CT molecular complexity index is 691. The van der Waals surface area contributed by atoms with Gasteiger partial charge in [0.05, 0.1) is 6.54 Å². The van der Waals surface area contributed by atoms with Gasteiger partial charge in [0.2, 0.25) is 0 Å². The summed E-state index contributed by atoms with van der Waals surface area (Å²) in [4.78, 5) is 14.7. The summed E-state index contributed by atoms with van der Waals surface area (Å²) in [7, 11) is 0. The molecule has 132 valence electrons. The number of hydrogen-bond donors (Lipinski definition) is 1. The molecule has 1 fully saturated rings. The molecule has 1 N–H and O–H groups in total. The number of nitrogens with one attached hydrogen (secondary N) is 1. The fourth-order valence-electron chi connectivity index (χ4n) is 3.11. The highest BCUT2D eigenvalue weighted by Crippen LogP contribution is 2.16. The highest BCUT2D eigenvalue weighted by atomic mass is 16.5. The molecule has 0 atom stereocenters. The number of likely N-dealkylation sites (tertiary alicyclic amines) is 1. The first-order valence-corrected chi connectivity index (χ1v) is 9.00. The van der Waals surface area contributed by atoms with Gasteiger partial charge in [-0.15, -0.1) is 0 Å². The average Bonchev–Trinajstić information content (AvgIpc) is 3.13. The second kappa shape index (κ2) is 8.67. The zero-order chi connectivity index (χ0) is 17.5. The number of amides is 1. The van der Waals surface area contributed by atoms with Gasteiger partial charge in [-0.3, -0.25) is 9.69 Å². The zero-order valence-electron chi connectivity index (χ0n) is 14.8. The lowest BCUT2D eigenvalue weighted by molar-refractivity contribution is 0.0947. The molecule has 1 aliphatic rings. The number of hydrogen-bond acceptors (Lipinski definition) is 3. The van der Waals surface area contributed by atoms with Gasteiger partial charge in [-0.05, 0) is 62.2 Å². The third-order valence-corrected chi connectivity index (χ3v) is 4.56. The Kier molecular flexibility index (Phi) is 6.07. The van der Waals surface area contributed by atoms with Crippen LogP contribution in [0.1, 0.15) is 34.3 Å². The Balaban J connectivity index is 1.42. The fourth-order valence-corrected chi connectivity index (χ4v) is 3.11. The van der Waals surface area contributed by atoms with E-state index >= 15 is 0 Å². The predicted molar refractivity (Wildman–Crippen MR) is 100.0 cm³/mol. The van der Waals surface area contributed by atoms with Crippen molar-refractivity contribution in [2.24, 2.45) is 0 Å². The Morgan fingerprint density at radius 3 is 2.52 bits per heavy atom. The van der Waals surface area contributed by atoms with Gasteiger partial charge in [0, 0.05) is 12.1 Å². The van der Waals surface area contributed by atoms with Crippen LogP contribution in [0.15, 0.2) is 48.5 Å². The summed E-state index contributed by atoms with van der Waals surface area (Å²) >= 11 is 0. The van der Waals surface area contributed by atoms with Crippen molar-refractivity contribution in [1.29, 1.82) is 0 Å². The molecule has 1 aliphatic heterocycles. The van der Waals surface area contributed by atoms with Crippen molar-refractivity contribution < 1.29 is 9.53 Å². The Morgan fingerprint density at radius 1 is 1.08 bits per heavy atom. The maximum Gasteiger partial charge on any atom is 0.251 e. The minimum atomic E-state index is -0.0545. The smallest absolute Gasteiger partial charge is 0.251 e. The molecule has 4 heteroatoms. The van der Waals surface area contributed by atoms with Crippen LogP contribution in [0.5, 0.6) is 5.75 Å². The molecule has 0 spiro atoms. The molecule has 1 heterocycles. The summed E-state index contributed by atoms with van der Waals surface area (Å²) in [6.45, 7) is 6.31. The molecule has 4 nitrogen and oxygen atoms in total. The highest BCUT2D eigenvalue weighted by Gasteiger charge is 2.12. The van der Waals surface area contributed by atoms with E-state index in [0.717, 1.165) is 17.9 Å². The predicted octanol–water partition coefficient (Wildman–Crippen LogP) is 3.40. The van der Waals surface area contributed by atoms with E-state index in [4.69, 9.17) is 4.74 Å². The Hall–Kier alpha value is -2.33. The summed E-state index contributed by atoms with van der Waals surface area (Å²) in [5.74, 6) is 0.809. The van der Waals surface area contributed by atoms with Gasteiger partial charge < -0.3 is 10.1 Å². The first-order valence-electron chi connectivity index (χ1n) is 9.00. The van der Waals surface area contributed by atoms with Gasteiger partial charge in [-0.25, -0.2) is 0 Å². The van der Waals surface area contributed by atoms with Crippen molar-refractivity contribution in [2.75, 3.05) is 26.2 Å². The standard InChI is InChI=1S/C21H26N2O2/c1-17-6-2-3-7-20(17)25-15-12-22-21(24)19-10-8-18(9-11-19)16-23-13-4-5-14-23/h2-3,6-11H,4-5,12-16H2,1H3,(H,22,24). The lowest BCUT2D eigenvalue weighted by atomic mass is 10.1. The summed E-state index contributed by atoms with van der Waals surface area (Å²) in [6.07, 6.45) is 2.59. The second-order valence-corrected chi connectivity index (χ2v) is 6.55. The Morgan fingerprint density at radius 2 is 1.80 bits per heavy atom. The van der Waals surface area contributed by atoms with Gasteiger partial charge in [-0.1, -0.05) is 30.3 Å². The molecule has 0 aromatic heterocycles. The van der Waals surface area contributed by atoms with E-state index in [1.807, 2.05) is 43.3 Å². The van der Waals surface area contributed by atoms with E-state index < -0.39 is 0 Å². The second-order valence-electron chi connectivity index (χ2n) is 6.55. The number of carbonyl (C=O) groups excluding carboxylic acids is 1. The van der Waals surface area contributed by atoms with Crippen LogP contribution in [0.2, 0.25) is 0 Å². The highest BCUT2D eigenvalue weighted by molar-refractivity contribution is 5.94. The minimum Gasteiger partial charge on any atom is -0.491 e. The molecule has 1 saturated heterocycles. The lowest BCUT2D eigenvalue weighted by Crippen LogP contribution is -2.28. The van der Waals surface area contributed by atoms with Gasteiger partial charge in [0.25, 0.3) is 5.91 Å². The third kappa shape index (κ3) is 5.07. The summed E-state index contributed by atoms with van der Waals surface area (Å²) in [5.41, 5.74) is 3.06. The van der Waals surface area contributed by atoms with Crippen LogP contribution in [0.25, 0.3) is 0 Å². The normalized spacial score (nSPS) is 14.4. The SMILES string of the molecule is Cc1ccccc1OCCNC(=O)c1ccc(CN2CCCC2)cc1. The summed E-state index contributed by atoms with van der Waals surface area (Å²) in [6, 6.07) is 15.8. The van der Waals surface area contributed by atoms with Crippen LogP contribution < -0.4 is 10.1 Å². The van der Waals surface area contributed by atoms with Crippen molar-refractivity contribution >= 4 is 5.91 Å². The number of nitrogens with zero attached hydrogens (tertiary/aromatic N) is 1. The number of rotatable bonds is 7. The largest absolute Gasteiger partial charge is 0.491 e. The number of carbonyl (C=O) groups is 1. The molecule has 2 aromatic carbocycles. The molecule has 0 saturated carbocycles. The molecule has 0 aliphatic carbocycles. The maximum absolute atomic E-state index is 12.2. The van der Waals surface area contributed by atoms with E-state index in [1.165, 1.54) is 31.5 Å². The van der Waals surface area contributed by atoms with Crippen LogP contribution in [0.3, 0.4) is 0 Å². The van der Waals surface area contributed by atoms with E-state index in [2.05, 4.69) is 22.3 Å². The summed E-state index contributed by atoms with van der Waals surface area (Å²) < 4.78 is 5.70. The van der Waals surface area contributed by atoms with E-state index in [1.54, 1.807) is 0 Å². The third-order valence-electron chi connectivity index (χ3n) is 4.56. The van der Waals surface area contributed by atoms with Crippen LogP contribution in [0.4, 0.5) is 0 Å². The number of ether oxygens (including phenoxy) is 1. The molecule has 0 unspecified atom stereocenters. The lowest BCUT2D eigenvalue weighted by Gasteiger charge is -2.14. The van der Waals surface area contributed by atoms with Crippen molar-refractivity contribution in [1.82, 2.24) is 10.2 Å². The van der Waals surface area contributed by atoms with Crippen molar-refractivity contribution in [3.05, 3.63) is 65.2 Å². The number of benzene rings is 2. The van der Waals surface area contributed by atoms with Gasteiger partial charge in [-0.2, -0.15) is 0 Å². The van der Waals surface area contributed by atoms with E-state index in [0.29, 0.717) is 18.7 Å². The maximum atomic E-state index is 12.2. The molecular weight excluding hydrogens is 312 g/mol. The molecule has 3 rings (SSSR count). The molecule has 25 heavy (non-hydrogen) atoms. The number of para-hydroxylation sites is 1. The molecular formula is C21H26N2O2. The minimum absolute atomic E-state index is 0.0545. The van der Waals surface area contributed by atoms with Crippen molar-refractivity contribution in [3.8, 4) is 5.75 Å². The van der Waals surface area contributed by atoms with Gasteiger partial charge >= 0.3 is 0 Å².